The first-order valence-corrected chi connectivity index (χ1v) is 9.60. The van der Waals surface area contributed by atoms with Gasteiger partial charge in [-0.1, -0.05) is 84.5 Å². The number of hydrogen-bond donors (Lipinski definition) is 1. The van der Waals surface area contributed by atoms with Crippen molar-refractivity contribution in [2.75, 3.05) is 6.54 Å². The summed E-state index contributed by atoms with van der Waals surface area (Å²) in [5, 5.41) is 3.77. The summed E-state index contributed by atoms with van der Waals surface area (Å²) in [6.45, 7) is 5.88. The van der Waals surface area contributed by atoms with Crippen molar-refractivity contribution < 1.29 is 0 Å². The van der Waals surface area contributed by atoms with Crippen LogP contribution in [0.25, 0.3) is 0 Å². The Morgan fingerprint density at radius 2 is 1.35 bits per heavy atom. The van der Waals surface area contributed by atoms with Crippen molar-refractivity contribution in [3.8, 4) is 0 Å². The smallest absolute Gasteiger partial charge is 0.00670 e. The van der Waals surface area contributed by atoms with Gasteiger partial charge in [-0.05, 0) is 31.7 Å². The first kappa shape index (κ1) is 18.0. The number of hydrogen-bond acceptors (Lipinski definition) is 1. The Morgan fingerprint density at radius 1 is 0.800 bits per heavy atom. The van der Waals surface area contributed by atoms with E-state index in [1.165, 1.54) is 96.4 Å². The van der Waals surface area contributed by atoms with Gasteiger partial charge in [0.1, 0.15) is 0 Å². The zero-order valence-electron chi connectivity index (χ0n) is 14.3. The van der Waals surface area contributed by atoms with Crippen LogP contribution < -0.4 is 5.32 Å². The number of rotatable bonds is 15. The molecule has 0 heterocycles. The number of nitrogens with one attached hydrogen (secondary N) is 1. The van der Waals surface area contributed by atoms with Crippen LogP contribution in [0.3, 0.4) is 0 Å². The van der Waals surface area contributed by atoms with E-state index >= 15 is 0 Å². The molecule has 1 heteroatoms. The summed E-state index contributed by atoms with van der Waals surface area (Å²) in [5.41, 5.74) is 0. The van der Waals surface area contributed by atoms with E-state index < -0.39 is 0 Å². The van der Waals surface area contributed by atoms with Crippen LogP contribution in [0.2, 0.25) is 0 Å². The topological polar surface area (TPSA) is 12.0 Å². The lowest BCUT2D eigenvalue weighted by molar-refractivity contribution is 0.435. The monoisotopic (exact) mass is 281 g/mol. The molecule has 0 aromatic carbocycles. The van der Waals surface area contributed by atoms with E-state index in [1.54, 1.807) is 0 Å². The SMILES string of the molecule is CCCCCCCCCCCCNC(CC)CC1CC1. The van der Waals surface area contributed by atoms with Gasteiger partial charge in [0.05, 0.1) is 0 Å². The van der Waals surface area contributed by atoms with Crippen molar-refractivity contribution in [3.63, 3.8) is 0 Å². The van der Waals surface area contributed by atoms with Crippen molar-refractivity contribution in [3.05, 3.63) is 0 Å². The van der Waals surface area contributed by atoms with Gasteiger partial charge in [-0.3, -0.25) is 0 Å². The normalized spacial score (nSPS) is 16.5. The van der Waals surface area contributed by atoms with E-state index in [1.807, 2.05) is 0 Å². The molecule has 0 radical (unpaired) electrons. The molecule has 1 N–H and O–H groups in total. The van der Waals surface area contributed by atoms with E-state index in [9.17, 15) is 0 Å². The van der Waals surface area contributed by atoms with Gasteiger partial charge in [0, 0.05) is 6.04 Å². The highest BCUT2D eigenvalue weighted by atomic mass is 14.9. The van der Waals surface area contributed by atoms with Crippen LogP contribution in [0, 0.1) is 5.92 Å². The zero-order chi connectivity index (χ0) is 14.5. The van der Waals surface area contributed by atoms with Crippen LogP contribution >= 0.6 is 0 Å². The third-order valence-electron chi connectivity index (χ3n) is 4.77. The summed E-state index contributed by atoms with van der Waals surface area (Å²) < 4.78 is 0. The second-order valence-corrected chi connectivity index (χ2v) is 6.92. The van der Waals surface area contributed by atoms with Crippen LogP contribution in [0.4, 0.5) is 0 Å². The molecular formula is C19H39N. The fraction of sp³-hybridized carbons (Fsp3) is 1.00. The fourth-order valence-corrected chi connectivity index (χ4v) is 3.07. The van der Waals surface area contributed by atoms with Crippen LogP contribution in [-0.4, -0.2) is 12.6 Å². The largest absolute Gasteiger partial charge is 0.314 e. The lowest BCUT2D eigenvalue weighted by Gasteiger charge is -2.16. The maximum absolute atomic E-state index is 3.77. The molecular weight excluding hydrogens is 242 g/mol. The zero-order valence-corrected chi connectivity index (χ0v) is 14.3. The standard InChI is InChI=1S/C19H39N/c1-3-5-6-7-8-9-10-11-12-13-16-20-19(4-2)17-18-14-15-18/h18-20H,3-17H2,1-2H3. The Morgan fingerprint density at radius 3 is 1.85 bits per heavy atom. The molecule has 0 saturated heterocycles. The molecule has 1 nitrogen and oxygen atoms in total. The maximum Gasteiger partial charge on any atom is 0.00670 e. The number of unbranched alkanes of at least 4 members (excludes halogenated alkanes) is 9. The van der Waals surface area contributed by atoms with Crippen molar-refractivity contribution in [2.24, 2.45) is 5.92 Å². The molecule has 1 saturated carbocycles. The van der Waals surface area contributed by atoms with E-state index in [-0.39, 0.29) is 0 Å². The highest BCUT2D eigenvalue weighted by molar-refractivity contribution is 4.79. The molecule has 1 atom stereocenters. The fourth-order valence-electron chi connectivity index (χ4n) is 3.07. The van der Waals surface area contributed by atoms with E-state index in [4.69, 9.17) is 0 Å². The van der Waals surface area contributed by atoms with Crippen LogP contribution in [0.5, 0.6) is 0 Å². The Balaban J connectivity index is 1.75. The maximum atomic E-state index is 3.77. The Kier molecular flexibility index (Phi) is 11.4. The van der Waals surface area contributed by atoms with Gasteiger partial charge < -0.3 is 5.32 Å². The highest BCUT2D eigenvalue weighted by Crippen LogP contribution is 2.33. The quantitative estimate of drug-likeness (QED) is 0.359. The average molecular weight is 282 g/mol. The first-order chi connectivity index (χ1) is 9.86. The summed E-state index contributed by atoms with van der Waals surface area (Å²) in [6.07, 6.45) is 20.1. The molecule has 0 amide bonds. The molecule has 1 unspecified atom stereocenters. The molecule has 0 aliphatic heterocycles. The molecule has 1 aliphatic rings. The lowest BCUT2D eigenvalue weighted by atomic mass is 10.1. The van der Waals surface area contributed by atoms with Crippen molar-refractivity contribution in [2.45, 2.75) is 110 Å². The summed E-state index contributed by atoms with van der Waals surface area (Å²) in [6, 6.07) is 0.807. The predicted octanol–water partition coefficient (Wildman–Crippen LogP) is 6.08. The van der Waals surface area contributed by atoms with Crippen molar-refractivity contribution in [1.29, 1.82) is 0 Å². The van der Waals surface area contributed by atoms with Gasteiger partial charge in [-0.25, -0.2) is 0 Å². The van der Waals surface area contributed by atoms with Crippen LogP contribution in [-0.2, 0) is 0 Å². The molecule has 120 valence electrons. The summed E-state index contributed by atoms with van der Waals surface area (Å²) in [5.74, 6) is 1.07. The molecule has 1 rings (SSSR count). The van der Waals surface area contributed by atoms with Crippen molar-refractivity contribution in [1.82, 2.24) is 5.32 Å². The minimum absolute atomic E-state index is 0.807. The molecule has 0 aromatic rings. The van der Waals surface area contributed by atoms with Gasteiger partial charge in [-0.15, -0.1) is 0 Å². The molecule has 0 spiro atoms. The lowest BCUT2D eigenvalue weighted by Crippen LogP contribution is -2.29. The molecule has 1 fully saturated rings. The third-order valence-corrected chi connectivity index (χ3v) is 4.77. The summed E-state index contributed by atoms with van der Waals surface area (Å²) >= 11 is 0. The molecule has 20 heavy (non-hydrogen) atoms. The van der Waals surface area contributed by atoms with Crippen LogP contribution in [0.15, 0.2) is 0 Å². The second kappa shape index (κ2) is 12.7. The van der Waals surface area contributed by atoms with Gasteiger partial charge in [-0.2, -0.15) is 0 Å². The summed E-state index contributed by atoms with van der Waals surface area (Å²) in [4.78, 5) is 0. The minimum atomic E-state index is 0.807. The highest BCUT2D eigenvalue weighted by Gasteiger charge is 2.24. The van der Waals surface area contributed by atoms with Gasteiger partial charge in [0.25, 0.3) is 0 Å². The van der Waals surface area contributed by atoms with Gasteiger partial charge >= 0.3 is 0 Å². The molecule has 1 aliphatic carbocycles. The summed E-state index contributed by atoms with van der Waals surface area (Å²) in [7, 11) is 0. The minimum Gasteiger partial charge on any atom is -0.314 e. The van der Waals surface area contributed by atoms with Gasteiger partial charge in [0.2, 0.25) is 0 Å². The third kappa shape index (κ3) is 10.7. The van der Waals surface area contributed by atoms with Crippen molar-refractivity contribution >= 4 is 0 Å². The Hall–Kier alpha value is -0.0400. The molecule has 0 aromatic heterocycles. The van der Waals surface area contributed by atoms with Gasteiger partial charge in [0.15, 0.2) is 0 Å². The van der Waals surface area contributed by atoms with E-state index in [2.05, 4.69) is 19.2 Å². The van der Waals surface area contributed by atoms with Crippen LogP contribution in [0.1, 0.15) is 104 Å². The average Bonchev–Trinajstić information content (AvgIpc) is 3.27. The Labute approximate surface area is 128 Å². The first-order valence-electron chi connectivity index (χ1n) is 9.60. The second-order valence-electron chi connectivity index (χ2n) is 6.92. The molecule has 0 bridgehead atoms. The predicted molar refractivity (Wildman–Crippen MR) is 91.3 cm³/mol. The Bertz CT molecular complexity index is 198. The van der Waals surface area contributed by atoms with E-state index in [0.29, 0.717) is 0 Å². The van der Waals surface area contributed by atoms with E-state index in [0.717, 1.165) is 12.0 Å².